The minimum absolute atomic E-state index is 0.0534. The van der Waals surface area contributed by atoms with Crippen LogP contribution in [0.4, 0.5) is 0 Å². The Hall–Kier alpha value is 1.66. The lowest BCUT2D eigenvalue weighted by Crippen LogP contribution is -2.36. The van der Waals surface area contributed by atoms with Crippen LogP contribution in [0.15, 0.2) is 12.2 Å². The van der Waals surface area contributed by atoms with Crippen LogP contribution in [0.1, 0.15) is 38.5 Å². The molecular formula is C14H16Br4. The fourth-order valence-corrected chi connectivity index (χ4v) is 8.45. The number of fused-ring (bicyclic) bond motifs is 2. The van der Waals surface area contributed by atoms with Crippen LogP contribution in [0, 0.1) is 22.7 Å². The summed E-state index contributed by atoms with van der Waals surface area (Å²) in [5.74, 6) is 1.78. The molecule has 2 atom stereocenters. The van der Waals surface area contributed by atoms with E-state index in [1.165, 1.54) is 44.1 Å². The molecule has 0 aromatic carbocycles. The molecule has 0 saturated heterocycles. The van der Waals surface area contributed by atoms with Crippen molar-refractivity contribution in [3.63, 3.8) is 0 Å². The number of allylic oxidation sites excluding steroid dienone is 1. The molecule has 4 saturated carbocycles. The third-order valence-corrected chi connectivity index (χ3v) is 10.7. The summed E-state index contributed by atoms with van der Waals surface area (Å²) < 4.78 is 0.312. The highest BCUT2D eigenvalue weighted by molar-refractivity contribution is 9.26. The van der Waals surface area contributed by atoms with E-state index in [0.717, 1.165) is 11.8 Å². The van der Waals surface area contributed by atoms with Crippen LogP contribution in [-0.4, -0.2) is 6.47 Å². The maximum atomic E-state index is 4.29. The van der Waals surface area contributed by atoms with E-state index < -0.39 is 0 Å². The van der Waals surface area contributed by atoms with E-state index in [9.17, 15) is 0 Å². The summed E-state index contributed by atoms with van der Waals surface area (Å²) in [6.45, 7) is 4.29. The van der Waals surface area contributed by atoms with Gasteiger partial charge in [0.05, 0.1) is 3.23 Å². The smallest absolute Gasteiger partial charge is 0.0969 e. The summed E-state index contributed by atoms with van der Waals surface area (Å²) in [6, 6.07) is 0. The Morgan fingerprint density at radius 1 is 0.944 bits per heavy atom. The van der Waals surface area contributed by atoms with Crippen molar-refractivity contribution in [3.8, 4) is 0 Å². The molecule has 0 N–H and O–H groups in total. The van der Waals surface area contributed by atoms with Gasteiger partial charge in [0.25, 0.3) is 0 Å². The Morgan fingerprint density at radius 3 is 1.72 bits per heavy atom. The maximum Gasteiger partial charge on any atom is 0.111 e. The van der Waals surface area contributed by atoms with Gasteiger partial charge < -0.3 is 0 Å². The minimum atomic E-state index is 0.0534. The first kappa shape index (κ1) is 13.3. The predicted octanol–water partition coefficient (Wildman–Crippen LogP) is 6.12. The molecule has 0 nitrogen and oxygen atoms in total. The zero-order valence-corrected chi connectivity index (χ0v) is 16.5. The number of rotatable bonds is 0. The molecule has 4 aliphatic carbocycles. The molecule has 0 heterocycles. The lowest BCUT2D eigenvalue weighted by molar-refractivity contribution is 0.0812. The Balaban J connectivity index is 1.60. The van der Waals surface area contributed by atoms with Crippen LogP contribution in [-0.2, 0) is 0 Å². The van der Waals surface area contributed by atoms with Gasteiger partial charge in [0, 0.05) is 5.41 Å². The van der Waals surface area contributed by atoms with Crippen LogP contribution in [0.25, 0.3) is 0 Å². The van der Waals surface area contributed by atoms with Crippen LogP contribution in [0.2, 0.25) is 0 Å². The topological polar surface area (TPSA) is 0 Å². The number of hydrogen-bond donors (Lipinski definition) is 0. The molecule has 2 bridgehead atoms. The lowest BCUT2D eigenvalue weighted by atomic mass is 9.62. The van der Waals surface area contributed by atoms with Crippen molar-refractivity contribution in [3.05, 3.63) is 12.2 Å². The molecule has 0 aromatic rings. The monoisotopic (exact) mass is 500 g/mol. The second-order valence-electron chi connectivity index (χ2n) is 7.08. The molecule has 4 heteroatoms. The number of hydrogen-bond acceptors (Lipinski definition) is 0. The van der Waals surface area contributed by atoms with Gasteiger partial charge in [-0.2, -0.15) is 0 Å². The van der Waals surface area contributed by atoms with E-state index in [0.29, 0.717) is 10.8 Å². The molecular weight excluding hydrogens is 488 g/mol. The van der Waals surface area contributed by atoms with E-state index >= 15 is 0 Å². The van der Waals surface area contributed by atoms with Gasteiger partial charge in [-0.25, -0.2) is 0 Å². The molecule has 0 amide bonds. The van der Waals surface area contributed by atoms with E-state index in [1.54, 1.807) is 0 Å². The SMILES string of the molecule is C=C1C(Br)(Br)C12CC1CC(CC3(C1)CC3(Br)Br)C2. The molecule has 0 aliphatic heterocycles. The average molecular weight is 504 g/mol. The molecule has 4 rings (SSSR count). The summed E-state index contributed by atoms with van der Waals surface area (Å²) in [4.78, 5) is 0. The van der Waals surface area contributed by atoms with Crippen molar-refractivity contribution >= 4 is 63.7 Å². The highest BCUT2D eigenvalue weighted by Crippen LogP contribution is 2.81. The zero-order valence-electron chi connectivity index (χ0n) is 10.1. The van der Waals surface area contributed by atoms with E-state index in [-0.39, 0.29) is 6.47 Å². The van der Waals surface area contributed by atoms with Gasteiger partial charge in [-0.1, -0.05) is 70.3 Å². The average Bonchev–Trinajstić information content (AvgIpc) is 2.88. The Bertz CT molecular complexity index is 437. The zero-order chi connectivity index (χ0) is 13.0. The first-order valence-corrected chi connectivity index (χ1v) is 9.85. The van der Waals surface area contributed by atoms with Crippen molar-refractivity contribution in [1.82, 2.24) is 0 Å². The normalized spacial score (nSPS) is 54.8. The summed E-state index contributed by atoms with van der Waals surface area (Å²) >= 11 is 15.4. The maximum absolute atomic E-state index is 4.29. The summed E-state index contributed by atoms with van der Waals surface area (Å²) in [5.41, 5.74) is 2.30. The second kappa shape index (κ2) is 3.52. The van der Waals surface area contributed by atoms with Crippen molar-refractivity contribution in [1.29, 1.82) is 0 Å². The van der Waals surface area contributed by atoms with E-state index in [4.69, 9.17) is 0 Å². The van der Waals surface area contributed by atoms with Gasteiger partial charge in [-0.3, -0.25) is 0 Å². The number of alkyl halides is 4. The molecule has 0 radical (unpaired) electrons. The van der Waals surface area contributed by atoms with Gasteiger partial charge in [-0.15, -0.1) is 0 Å². The van der Waals surface area contributed by atoms with Gasteiger partial charge in [0.1, 0.15) is 3.23 Å². The summed E-state index contributed by atoms with van der Waals surface area (Å²) in [6.07, 6.45) is 8.21. The first-order valence-electron chi connectivity index (χ1n) is 6.68. The van der Waals surface area contributed by atoms with Crippen LogP contribution >= 0.6 is 63.7 Å². The molecule has 0 aromatic heterocycles. The Kier molecular flexibility index (Phi) is 2.61. The molecule has 4 fully saturated rings. The minimum Gasteiger partial charge on any atom is -0.0969 e. The van der Waals surface area contributed by atoms with Gasteiger partial charge in [0.15, 0.2) is 0 Å². The van der Waals surface area contributed by atoms with Crippen LogP contribution < -0.4 is 0 Å². The second-order valence-corrected chi connectivity index (χ2v) is 14.3. The molecule has 2 spiro atoms. The highest BCUT2D eigenvalue weighted by atomic mass is 79.9. The van der Waals surface area contributed by atoms with E-state index in [2.05, 4.69) is 70.3 Å². The van der Waals surface area contributed by atoms with Crippen molar-refractivity contribution in [2.24, 2.45) is 22.7 Å². The fraction of sp³-hybridized carbons (Fsp3) is 0.857. The van der Waals surface area contributed by atoms with Crippen molar-refractivity contribution in [2.45, 2.75) is 45.0 Å². The number of halogens is 4. The molecule has 18 heavy (non-hydrogen) atoms. The summed E-state index contributed by atoms with van der Waals surface area (Å²) in [7, 11) is 0. The van der Waals surface area contributed by atoms with Gasteiger partial charge in [-0.05, 0) is 61.3 Å². The van der Waals surface area contributed by atoms with Gasteiger partial charge >= 0.3 is 0 Å². The quantitative estimate of drug-likeness (QED) is 0.276. The standard InChI is InChI=1S/C14H16Br4/c1-8-12(14(8,17)18)5-9-2-10(6-12)4-11(3-9)7-13(11,15)16/h9-10H,1-7H2. The Morgan fingerprint density at radius 2 is 1.39 bits per heavy atom. The first-order chi connectivity index (χ1) is 8.23. The lowest BCUT2D eigenvalue weighted by Gasteiger charge is -2.44. The largest absolute Gasteiger partial charge is 0.111 e. The highest BCUT2D eigenvalue weighted by Gasteiger charge is 2.74. The fourth-order valence-electron chi connectivity index (χ4n) is 5.04. The van der Waals surface area contributed by atoms with Crippen LogP contribution in [0.5, 0.6) is 0 Å². The molecule has 4 aliphatic rings. The predicted molar refractivity (Wildman–Crippen MR) is 89.9 cm³/mol. The summed E-state index contributed by atoms with van der Waals surface area (Å²) in [5, 5.41) is 0. The van der Waals surface area contributed by atoms with Crippen molar-refractivity contribution in [2.75, 3.05) is 0 Å². The Labute approximate surface area is 142 Å². The van der Waals surface area contributed by atoms with Crippen LogP contribution in [0.3, 0.4) is 0 Å². The third-order valence-electron chi connectivity index (χ3n) is 6.01. The molecule has 2 unspecified atom stereocenters. The third kappa shape index (κ3) is 1.47. The van der Waals surface area contributed by atoms with Crippen molar-refractivity contribution < 1.29 is 0 Å². The van der Waals surface area contributed by atoms with Gasteiger partial charge in [0.2, 0.25) is 0 Å². The van der Waals surface area contributed by atoms with E-state index in [1.807, 2.05) is 0 Å². The molecule has 100 valence electrons.